The van der Waals surface area contributed by atoms with E-state index in [1.807, 2.05) is 26.0 Å². The number of carbonyl (C=O) groups is 1. The van der Waals surface area contributed by atoms with E-state index in [-0.39, 0.29) is 12.0 Å². The summed E-state index contributed by atoms with van der Waals surface area (Å²) < 4.78 is 6.41. The summed E-state index contributed by atoms with van der Waals surface area (Å²) in [6, 6.07) is 2.22. The van der Waals surface area contributed by atoms with Crippen LogP contribution in [0.2, 0.25) is 17.6 Å². The summed E-state index contributed by atoms with van der Waals surface area (Å²) in [4.78, 5) is 11.0. The summed E-state index contributed by atoms with van der Waals surface area (Å²) in [5.41, 5.74) is 0.587. The van der Waals surface area contributed by atoms with Gasteiger partial charge in [-0.2, -0.15) is 0 Å². The maximum atomic E-state index is 11.0. The number of hydrogen-bond donors (Lipinski definition) is 0. The van der Waals surface area contributed by atoms with Crippen LogP contribution >= 0.6 is 0 Å². The lowest BCUT2D eigenvalue weighted by atomic mass is 10.1. The lowest BCUT2D eigenvalue weighted by Crippen LogP contribution is -2.44. The maximum Gasteiger partial charge on any atom is 0.195 e. The smallest absolute Gasteiger partial charge is 0.195 e. The molecule has 0 aliphatic rings. The van der Waals surface area contributed by atoms with E-state index >= 15 is 0 Å². The van der Waals surface area contributed by atoms with E-state index in [0.717, 1.165) is 18.4 Å². The van der Waals surface area contributed by atoms with Crippen molar-refractivity contribution in [2.45, 2.75) is 65.3 Å². The molecule has 0 aliphatic carbocycles. The molecule has 0 spiro atoms. The van der Waals surface area contributed by atoms with Crippen LogP contribution < -0.4 is 0 Å². The second-order valence-electron chi connectivity index (χ2n) is 5.03. The number of allylic oxidation sites excluding steroid dienone is 1. The Morgan fingerprint density at radius 2 is 1.71 bits per heavy atom. The lowest BCUT2D eigenvalue weighted by Gasteiger charge is -2.37. The molecule has 0 aromatic carbocycles. The number of hydrogen-bond acceptors (Lipinski definition) is 2. The third-order valence-corrected chi connectivity index (χ3v) is 8.97. The third kappa shape index (κ3) is 4.40. The first-order chi connectivity index (χ1) is 7.97. The van der Waals surface area contributed by atoms with Gasteiger partial charge in [-0.15, -0.1) is 0 Å². The Morgan fingerprint density at radius 3 is 2.00 bits per heavy atom. The quantitative estimate of drug-likeness (QED) is 0.370. The molecule has 0 aromatic rings. The molecule has 0 N–H and O–H groups in total. The molecule has 100 valence electrons. The highest BCUT2D eigenvalue weighted by molar-refractivity contribution is 6.75. The number of carbonyl (C=O) groups excluding carboxylic acids is 1. The van der Waals surface area contributed by atoms with E-state index in [1.165, 1.54) is 0 Å². The van der Waals surface area contributed by atoms with Gasteiger partial charge in [0.1, 0.15) is 6.29 Å². The van der Waals surface area contributed by atoms with Gasteiger partial charge in [0.25, 0.3) is 0 Å². The zero-order chi connectivity index (χ0) is 13.5. The maximum absolute atomic E-state index is 11.0. The zero-order valence-corrected chi connectivity index (χ0v) is 13.2. The molecular weight excluding hydrogens is 228 g/mol. The van der Waals surface area contributed by atoms with Gasteiger partial charge >= 0.3 is 0 Å². The predicted molar refractivity (Wildman–Crippen MR) is 76.7 cm³/mol. The molecule has 0 radical (unpaired) electrons. The van der Waals surface area contributed by atoms with Crippen molar-refractivity contribution in [3.63, 3.8) is 0 Å². The van der Waals surface area contributed by atoms with E-state index in [2.05, 4.69) is 27.7 Å². The molecule has 0 heterocycles. The van der Waals surface area contributed by atoms with E-state index in [1.54, 1.807) is 0 Å². The average molecular weight is 256 g/mol. The van der Waals surface area contributed by atoms with Crippen molar-refractivity contribution in [2.75, 3.05) is 0 Å². The van der Waals surface area contributed by atoms with Crippen molar-refractivity contribution in [1.29, 1.82) is 0 Å². The van der Waals surface area contributed by atoms with Crippen LogP contribution in [0.3, 0.4) is 0 Å². The topological polar surface area (TPSA) is 26.3 Å². The Morgan fingerprint density at radius 1 is 1.18 bits per heavy atom. The highest BCUT2D eigenvalue weighted by Crippen LogP contribution is 2.32. The summed E-state index contributed by atoms with van der Waals surface area (Å²) >= 11 is 0. The average Bonchev–Trinajstić information content (AvgIpc) is 2.33. The monoisotopic (exact) mass is 256 g/mol. The van der Waals surface area contributed by atoms with Crippen LogP contribution in [0.1, 0.15) is 41.5 Å². The van der Waals surface area contributed by atoms with E-state index in [4.69, 9.17) is 4.43 Å². The summed E-state index contributed by atoms with van der Waals surface area (Å²) in [7, 11) is -1.71. The first-order valence-corrected chi connectivity index (χ1v) is 9.13. The zero-order valence-electron chi connectivity index (χ0n) is 12.2. The van der Waals surface area contributed by atoms with Gasteiger partial charge in [0, 0.05) is 5.92 Å². The van der Waals surface area contributed by atoms with Crippen LogP contribution in [0, 0.1) is 5.92 Å². The fourth-order valence-electron chi connectivity index (χ4n) is 2.23. The van der Waals surface area contributed by atoms with Crippen LogP contribution in [0.25, 0.3) is 0 Å². The molecule has 0 saturated heterocycles. The molecule has 0 saturated carbocycles. The highest BCUT2D eigenvalue weighted by atomic mass is 28.4. The van der Waals surface area contributed by atoms with Gasteiger partial charge in [0.05, 0.1) is 6.10 Å². The van der Waals surface area contributed by atoms with E-state index in [0.29, 0.717) is 5.54 Å². The third-order valence-electron chi connectivity index (χ3n) is 3.73. The first kappa shape index (κ1) is 16.6. The van der Waals surface area contributed by atoms with Gasteiger partial charge in [-0.05, 0) is 24.6 Å². The lowest BCUT2D eigenvalue weighted by molar-refractivity contribution is -0.112. The minimum absolute atomic E-state index is 0.0496. The Hall–Kier alpha value is -0.413. The van der Waals surface area contributed by atoms with E-state index < -0.39 is 8.32 Å². The molecule has 3 heteroatoms. The second-order valence-corrected chi connectivity index (χ2v) is 9.96. The Labute approximate surface area is 108 Å². The van der Waals surface area contributed by atoms with Gasteiger partial charge < -0.3 is 9.22 Å². The first-order valence-electron chi connectivity index (χ1n) is 6.73. The summed E-state index contributed by atoms with van der Waals surface area (Å²) in [5.74, 6) is -0.0603. The molecule has 0 aliphatic heterocycles. The second kappa shape index (κ2) is 7.83. The largest absolute Gasteiger partial charge is 0.410 e. The van der Waals surface area contributed by atoms with Gasteiger partial charge in [0.2, 0.25) is 0 Å². The van der Waals surface area contributed by atoms with Gasteiger partial charge in [0.15, 0.2) is 8.32 Å². The fraction of sp³-hybridized carbons (Fsp3) is 0.786. The molecule has 0 fully saturated rings. The molecule has 0 rings (SSSR count). The van der Waals surface area contributed by atoms with Crippen LogP contribution in [0.5, 0.6) is 0 Å². The Balaban J connectivity index is 4.97. The van der Waals surface area contributed by atoms with Crippen LogP contribution in [-0.2, 0) is 9.22 Å². The molecule has 0 bridgehead atoms. The van der Waals surface area contributed by atoms with Gasteiger partial charge in [-0.1, -0.05) is 46.8 Å². The summed E-state index contributed by atoms with van der Waals surface area (Å²) in [6.45, 7) is 12.8. The van der Waals surface area contributed by atoms with Gasteiger partial charge in [-0.3, -0.25) is 0 Å². The van der Waals surface area contributed by atoms with Crippen molar-refractivity contribution in [1.82, 2.24) is 0 Å². The number of aldehydes is 1. The van der Waals surface area contributed by atoms with Crippen LogP contribution in [0.15, 0.2) is 12.2 Å². The van der Waals surface area contributed by atoms with Crippen molar-refractivity contribution in [3.8, 4) is 0 Å². The van der Waals surface area contributed by atoms with Crippen molar-refractivity contribution >= 4 is 14.6 Å². The molecule has 0 aromatic heterocycles. The standard InChI is InChI=1S/C14H28O2Si/c1-7-10-14(13(6)11-15)16-17(8-2,9-3)12(4)5/h7,10-14H,8-9H2,1-6H3/b10-7+/t13-,14+/m0/s1. The van der Waals surface area contributed by atoms with Crippen molar-refractivity contribution < 1.29 is 9.22 Å². The van der Waals surface area contributed by atoms with Crippen LogP contribution in [0.4, 0.5) is 0 Å². The molecule has 2 atom stereocenters. The van der Waals surface area contributed by atoms with E-state index in [9.17, 15) is 4.79 Å². The van der Waals surface area contributed by atoms with Crippen molar-refractivity contribution in [2.24, 2.45) is 5.92 Å². The molecular formula is C14H28O2Si. The minimum atomic E-state index is -1.71. The predicted octanol–water partition coefficient (Wildman–Crippen LogP) is 4.18. The SMILES string of the molecule is C/C=C/[C@@H](O[Si](CC)(CC)C(C)C)[C@@H](C)C=O. The molecule has 17 heavy (non-hydrogen) atoms. The fourth-order valence-corrected chi connectivity index (χ4v) is 5.80. The summed E-state index contributed by atoms with van der Waals surface area (Å²) in [5, 5.41) is 0. The van der Waals surface area contributed by atoms with Crippen LogP contribution in [-0.4, -0.2) is 20.7 Å². The Bertz CT molecular complexity index is 245. The molecule has 2 nitrogen and oxygen atoms in total. The normalized spacial score (nSPS) is 16.4. The minimum Gasteiger partial charge on any atom is -0.410 e. The molecule has 0 unspecified atom stereocenters. The van der Waals surface area contributed by atoms with Crippen molar-refractivity contribution in [3.05, 3.63) is 12.2 Å². The van der Waals surface area contributed by atoms with Gasteiger partial charge in [-0.25, -0.2) is 0 Å². The molecule has 0 amide bonds. The summed E-state index contributed by atoms with van der Waals surface area (Å²) in [6.07, 6.45) is 4.95. The highest BCUT2D eigenvalue weighted by Gasteiger charge is 2.37. The Kier molecular flexibility index (Phi) is 7.64. The number of rotatable bonds is 8.